The zero-order chi connectivity index (χ0) is 27.6. The third-order valence-electron chi connectivity index (χ3n) is 8.41. The lowest BCUT2D eigenvalue weighted by molar-refractivity contribution is 0.941. The number of hydrogen-bond donors (Lipinski definition) is 0. The first kappa shape index (κ1) is 23.6. The molecule has 6 aromatic carbocycles. The maximum Gasteiger partial charge on any atom is 0.124 e. The standard InChI is InChI=1S/C38H25N3S/c1-3-9-25(10-4-1)27-15-18-33-30(21-27)31-22-28(26-11-5-2-6-12-26)16-19-34(31)40(33)29-17-20-37-36(23-29)41-35-14-8-7-13-32(35)39-38(41)24-42-37/h1-23H,24H2. The van der Waals surface area contributed by atoms with Crippen molar-refractivity contribution >= 4 is 44.6 Å². The largest absolute Gasteiger partial charge is 0.309 e. The van der Waals surface area contributed by atoms with Gasteiger partial charge in [-0.2, -0.15) is 0 Å². The molecule has 0 amide bonds. The molecule has 1 aliphatic heterocycles. The lowest BCUT2D eigenvalue weighted by Crippen LogP contribution is -2.07. The minimum Gasteiger partial charge on any atom is -0.309 e. The Kier molecular flexibility index (Phi) is 5.19. The van der Waals surface area contributed by atoms with Gasteiger partial charge in [-0.1, -0.05) is 84.9 Å². The van der Waals surface area contributed by atoms with Gasteiger partial charge < -0.3 is 4.57 Å². The SMILES string of the molecule is c1ccc(-c2ccc3c(c2)c2cc(-c4ccccc4)ccc2n3-c2ccc3c(c2)-n2c(nc4ccccc42)CS3)cc1. The molecule has 2 aromatic heterocycles. The van der Waals surface area contributed by atoms with E-state index < -0.39 is 0 Å². The highest BCUT2D eigenvalue weighted by Crippen LogP contribution is 2.41. The molecular formula is C38H25N3S. The molecular weight excluding hydrogens is 531 g/mol. The van der Waals surface area contributed by atoms with Crippen molar-refractivity contribution in [2.75, 3.05) is 0 Å². The topological polar surface area (TPSA) is 22.8 Å². The normalized spacial score (nSPS) is 12.6. The average Bonchev–Trinajstić information content (AvgIpc) is 3.61. The lowest BCUT2D eigenvalue weighted by atomic mass is 10.0. The molecule has 0 N–H and O–H groups in total. The Morgan fingerprint density at radius 1 is 0.500 bits per heavy atom. The number of thioether (sulfide) groups is 1. The predicted molar refractivity (Wildman–Crippen MR) is 176 cm³/mol. The smallest absolute Gasteiger partial charge is 0.124 e. The maximum atomic E-state index is 4.96. The third kappa shape index (κ3) is 3.59. The van der Waals surface area contributed by atoms with Crippen molar-refractivity contribution in [2.45, 2.75) is 10.6 Å². The Morgan fingerprint density at radius 3 is 1.79 bits per heavy atom. The summed E-state index contributed by atoms with van der Waals surface area (Å²) in [6, 6.07) is 50.4. The Balaban J connectivity index is 1.31. The van der Waals surface area contributed by atoms with Crippen LogP contribution in [0.25, 0.3) is 66.5 Å². The fourth-order valence-corrected chi connectivity index (χ4v) is 7.39. The van der Waals surface area contributed by atoms with Crippen LogP contribution < -0.4 is 0 Å². The van der Waals surface area contributed by atoms with Gasteiger partial charge in [-0.05, 0) is 76.9 Å². The predicted octanol–water partition coefficient (Wildman–Crippen LogP) is 10.1. The summed E-state index contributed by atoms with van der Waals surface area (Å²) in [5.74, 6) is 1.98. The van der Waals surface area contributed by atoms with E-state index in [-0.39, 0.29) is 0 Å². The van der Waals surface area contributed by atoms with Crippen LogP contribution in [0.2, 0.25) is 0 Å². The van der Waals surface area contributed by atoms with Gasteiger partial charge in [-0.3, -0.25) is 4.57 Å². The molecule has 0 atom stereocenters. The van der Waals surface area contributed by atoms with E-state index in [2.05, 4.69) is 149 Å². The minimum absolute atomic E-state index is 0.876. The molecule has 0 radical (unpaired) electrons. The summed E-state index contributed by atoms with van der Waals surface area (Å²) in [5.41, 5.74) is 11.9. The Bertz CT molecular complexity index is 2200. The van der Waals surface area contributed by atoms with Gasteiger partial charge in [0.05, 0.1) is 33.5 Å². The number of aromatic nitrogens is 3. The first-order chi connectivity index (χ1) is 20.8. The van der Waals surface area contributed by atoms with Crippen LogP contribution in [0.15, 0.2) is 144 Å². The van der Waals surface area contributed by atoms with E-state index in [1.54, 1.807) is 0 Å². The zero-order valence-electron chi connectivity index (χ0n) is 22.7. The van der Waals surface area contributed by atoms with Crippen LogP contribution in [0.3, 0.4) is 0 Å². The molecule has 0 aliphatic carbocycles. The fraction of sp³-hybridized carbons (Fsp3) is 0.0263. The van der Waals surface area contributed by atoms with Gasteiger partial charge in [-0.25, -0.2) is 4.98 Å². The molecule has 3 heterocycles. The number of imidazole rings is 1. The zero-order valence-corrected chi connectivity index (χ0v) is 23.6. The fourth-order valence-electron chi connectivity index (χ4n) is 6.45. The molecule has 42 heavy (non-hydrogen) atoms. The van der Waals surface area contributed by atoms with Gasteiger partial charge in [0.25, 0.3) is 0 Å². The molecule has 0 saturated carbocycles. The van der Waals surface area contributed by atoms with Crippen molar-refractivity contribution in [3.05, 3.63) is 145 Å². The first-order valence-corrected chi connectivity index (χ1v) is 15.2. The summed E-state index contributed by atoms with van der Waals surface area (Å²) in [7, 11) is 0. The van der Waals surface area contributed by atoms with Crippen molar-refractivity contribution in [2.24, 2.45) is 0 Å². The summed E-state index contributed by atoms with van der Waals surface area (Å²) in [6.45, 7) is 0. The van der Waals surface area contributed by atoms with Crippen molar-refractivity contribution in [1.82, 2.24) is 14.1 Å². The monoisotopic (exact) mass is 555 g/mol. The van der Waals surface area contributed by atoms with Crippen molar-refractivity contribution < 1.29 is 0 Å². The summed E-state index contributed by atoms with van der Waals surface area (Å²) >= 11 is 1.87. The van der Waals surface area contributed by atoms with Gasteiger partial charge >= 0.3 is 0 Å². The maximum absolute atomic E-state index is 4.96. The van der Waals surface area contributed by atoms with Crippen LogP contribution in [0.4, 0.5) is 0 Å². The molecule has 3 nitrogen and oxygen atoms in total. The van der Waals surface area contributed by atoms with Crippen molar-refractivity contribution in [1.29, 1.82) is 0 Å². The second kappa shape index (κ2) is 9.23. The van der Waals surface area contributed by atoms with Crippen LogP contribution in [0.1, 0.15) is 5.82 Å². The summed E-state index contributed by atoms with van der Waals surface area (Å²) < 4.78 is 4.77. The van der Waals surface area contributed by atoms with Crippen molar-refractivity contribution in [3.63, 3.8) is 0 Å². The van der Waals surface area contributed by atoms with E-state index in [4.69, 9.17) is 4.98 Å². The van der Waals surface area contributed by atoms with Gasteiger partial charge in [-0.15, -0.1) is 11.8 Å². The second-order valence-corrected chi connectivity index (χ2v) is 11.8. The van der Waals surface area contributed by atoms with E-state index in [1.165, 1.54) is 54.6 Å². The number of fused-ring (bicyclic) bond motifs is 8. The van der Waals surface area contributed by atoms with Gasteiger partial charge in [0.15, 0.2) is 0 Å². The molecule has 0 saturated heterocycles. The van der Waals surface area contributed by atoms with E-state index in [0.29, 0.717) is 0 Å². The van der Waals surface area contributed by atoms with E-state index >= 15 is 0 Å². The van der Waals surface area contributed by atoms with Crippen LogP contribution in [0.5, 0.6) is 0 Å². The van der Waals surface area contributed by atoms with E-state index in [9.17, 15) is 0 Å². The highest BCUT2D eigenvalue weighted by molar-refractivity contribution is 7.98. The van der Waals surface area contributed by atoms with Crippen LogP contribution in [0, 0.1) is 0 Å². The summed E-state index contributed by atoms with van der Waals surface area (Å²) in [5, 5.41) is 2.51. The Hall–Kier alpha value is -5.06. The highest BCUT2D eigenvalue weighted by Gasteiger charge is 2.22. The number of hydrogen-bond acceptors (Lipinski definition) is 2. The number of benzene rings is 6. The Morgan fingerprint density at radius 2 is 1.12 bits per heavy atom. The van der Waals surface area contributed by atoms with Gasteiger partial charge in [0.1, 0.15) is 5.82 Å². The summed E-state index contributed by atoms with van der Waals surface area (Å²) in [4.78, 5) is 6.24. The molecule has 4 heteroatoms. The van der Waals surface area contributed by atoms with E-state index in [1.807, 2.05) is 11.8 Å². The molecule has 0 unspecified atom stereocenters. The number of rotatable bonds is 3. The molecule has 0 bridgehead atoms. The lowest BCUT2D eigenvalue weighted by Gasteiger charge is -2.20. The van der Waals surface area contributed by atoms with Crippen molar-refractivity contribution in [3.8, 4) is 33.6 Å². The van der Waals surface area contributed by atoms with Crippen LogP contribution in [-0.4, -0.2) is 14.1 Å². The quantitative estimate of drug-likeness (QED) is 0.216. The highest BCUT2D eigenvalue weighted by atomic mass is 32.2. The molecule has 1 aliphatic rings. The Labute approximate surface area is 247 Å². The number of nitrogens with zero attached hydrogens (tertiary/aromatic N) is 3. The summed E-state index contributed by atoms with van der Waals surface area (Å²) in [6.07, 6.45) is 0. The average molecular weight is 556 g/mol. The molecule has 198 valence electrons. The molecule has 8 aromatic rings. The third-order valence-corrected chi connectivity index (χ3v) is 9.47. The van der Waals surface area contributed by atoms with Gasteiger partial charge in [0, 0.05) is 21.4 Å². The first-order valence-electron chi connectivity index (χ1n) is 14.2. The van der Waals surface area contributed by atoms with Gasteiger partial charge in [0.2, 0.25) is 0 Å². The minimum atomic E-state index is 0.876. The molecule has 0 fully saturated rings. The second-order valence-electron chi connectivity index (χ2n) is 10.8. The van der Waals surface area contributed by atoms with Crippen LogP contribution >= 0.6 is 11.8 Å². The number of para-hydroxylation sites is 2. The molecule has 0 spiro atoms. The van der Waals surface area contributed by atoms with Crippen LogP contribution in [-0.2, 0) is 5.75 Å². The van der Waals surface area contributed by atoms with E-state index in [0.717, 1.165) is 28.3 Å². The molecule has 9 rings (SSSR count).